The fraction of sp³-hybridized carbons (Fsp3) is 0.150. The van der Waals surface area contributed by atoms with E-state index in [1.54, 1.807) is 37.7 Å². The summed E-state index contributed by atoms with van der Waals surface area (Å²) < 4.78 is 14.6. The number of aromatic nitrogens is 1. The quantitative estimate of drug-likeness (QED) is 0.179. The third-order valence-electron chi connectivity index (χ3n) is 8.85. The van der Waals surface area contributed by atoms with Gasteiger partial charge in [-0.2, -0.15) is 0 Å². The highest BCUT2D eigenvalue weighted by Crippen LogP contribution is 2.57. The zero-order chi connectivity index (χ0) is 32.6. The number of ether oxygens (including phenoxy) is 2. The van der Waals surface area contributed by atoms with Crippen LogP contribution in [0.3, 0.4) is 0 Å². The maximum absolute atomic E-state index is 14.7. The second kappa shape index (κ2) is 13.2. The van der Waals surface area contributed by atoms with Crippen LogP contribution >= 0.6 is 34.9 Å². The minimum absolute atomic E-state index is 0.00842. The van der Waals surface area contributed by atoms with Crippen LogP contribution in [0.2, 0.25) is 0 Å². The Morgan fingerprint density at radius 2 is 1.33 bits per heavy atom. The summed E-state index contributed by atoms with van der Waals surface area (Å²) in [6.07, 6.45) is 5.05. The van der Waals surface area contributed by atoms with Crippen molar-refractivity contribution >= 4 is 55.0 Å². The molecule has 238 valence electrons. The average molecular weight is 685 g/mol. The lowest BCUT2D eigenvalue weighted by Crippen LogP contribution is -2.39. The summed E-state index contributed by atoms with van der Waals surface area (Å²) in [6.45, 7) is 0. The number of thioether (sulfide) groups is 2. The number of nitrogens with zero attached hydrogens (tertiary/aromatic N) is 2. The lowest BCUT2D eigenvalue weighted by Gasteiger charge is -2.31. The topological polar surface area (TPSA) is 52.8 Å². The molecular weight excluding hydrogens is 653 g/mol. The van der Waals surface area contributed by atoms with Crippen LogP contribution in [0.5, 0.6) is 11.5 Å². The first-order valence-electron chi connectivity index (χ1n) is 15.9. The second-order valence-electron chi connectivity index (χ2n) is 11.7. The van der Waals surface area contributed by atoms with Crippen LogP contribution in [0, 0.1) is 0 Å². The summed E-state index contributed by atoms with van der Waals surface area (Å²) in [4.78, 5) is 23.0. The fourth-order valence-corrected chi connectivity index (χ4v) is 10.5. The number of benzene rings is 4. The summed E-state index contributed by atoms with van der Waals surface area (Å²) in [5, 5.41) is 0. The molecule has 1 unspecified atom stereocenters. The van der Waals surface area contributed by atoms with E-state index in [1.165, 1.54) is 32.3 Å². The van der Waals surface area contributed by atoms with Gasteiger partial charge in [0.25, 0.3) is 5.56 Å². The van der Waals surface area contributed by atoms with Gasteiger partial charge in [-0.3, -0.25) is 9.36 Å². The summed E-state index contributed by atoms with van der Waals surface area (Å²) >= 11 is 4.89. The molecule has 0 saturated carbocycles. The third kappa shape index (κ3) is 5.68. The van der Waals surface area contributed by atoms with Gasteiger partial charge in [0.2, 0.25) is 0 Å². The van der Waals surface area contributed by atoms with Gasteiger partial charge in [0.15, 0.2) is 4.80 Å². The Morgan fingerprint density at radius 1 is 0.750 bits per heavy atom. The molecule has 5 aromatic rings. The van der Waals surface area contributed by atoms with Gasteiger partial charge in [0.1, 0.15) is 16.0 Å². The van der Waals surface area contributed by atoms with Gasteiger partial charge in [-0.05, 0) is 83.0 Å². The Balaban J connectivity index is 1.30. The first kappa shape index (κ1) is 30.8. The molecule has 0 bridgehead atoms. The molecule has 8 rings (SSSR count). The highest BCUT2D eigenvalue weighted by Gasteiger charge is 2.34. The minimum Gasteiger partial charge on any atom is -0.497 e. The molecule has 3 heterocycles. The Bertz CT molecular complexity index is 2230. The standard InChI is InChI=1S/C40H32N2O3S3/c1-44-30-20-16-25(17-21-30)24-29-14-9-15-32-33(29)41-40-42(34(32)26-18-22-31(45-2)23-19-26)38(43)37(48-40)39-46-35(27-10-5-3-6-11-27)36(47-39)28-12-7-4-8-13-28/h3-8,10-13,16-24,34H,9,14-15H2,1-2H3. The molecule has 8 heteroatoms. The smallest absolute Gasteiger partial charge is 0.272 e. The summed E-state index contributed by atoms with van der Waals surface area (Å²) in [5.74, 6) is 1.62. The predicted octanol–water partition coefficient (Wildman–Crippen LogP) is 8.74. The van der Waals surface area contributed by atoms with E-state index in [4.69, 9.17) is 14.5 Å². The van der Waals surface area contributed by atoms with Crippen LogP contribution in [0.15, 0.2) is 136 Å². The summed E-state index contributed by atoms with van der Waals surface area (Å²) in [6, 6.07) is 36.9. The van der Waals surface area contributed by atoms with Crippen molar-refractivity contribution in [3.8, 4) is 11.5 Å². The molecule has 3 aliphatic rings. The van der Waals surface area contributed by atoms with Crippen molar-refractivity contribution in [2.24, 2.45) is 4.99 Å². The maximum Gasteiger partial charge on any atom is 0.272 e. The molecule has 0 N–H and O–H groups in total. The Hall–Kier alpha value is -4.50. The highest BCUT2D eigenvalue weighted by atomic mass is 32.2. The minimum atomic E-state index is -0.248. The van der Waals surface area contributed by atoms with E-state index in [0.29, 0.717) is 0 Å². The molecule has 1 atom stereocenters. The molecule has 0 saturated heterocycles. The lowest BCUT2D eigenvalue weighted by molar-refractivity contribution is 0.414. The number of methoxy groups -OCH3 is 2. The van der Waals surface area contributed by atoms with E-state index in [1.807, 2.05) is 41.0 Å². The van der Waals surface area contributed by atoms with Crippen molar-refractivity contribution < 1.29 is 9.47 Å². The van der Waals surface area contributed by atoms with E-state index in [-0.39, 0.29) is 11.6 Å². The number of hydrogen-bond acceptors (Lipinski definition) is 7. The van der Waals surface area contributed by atoms with Crippen molar-refractivity contribution in [3.05, 3.63) is 168 Å². The molecule has 5 nitrogen and oxygen atoms in total. The summed E-state index contributed by atoms with van der Waals surface area (Å²) in [7, 11) is 3.36. The molecule has 1 aliphatic carbocycles. The number of rotatable bonds is 6. The number of allylic oxidation sites excluding steroid dienone is 2. The monoisotopic (exact) mass is 684 g/mol. The van der Waals surface area contributed by atoms with Crippen molar-refractivity contribution in [3.63, 3.8) is 0 Å². The zero-order valence-electron chi connectivity index (χ0n) is 26.5. The lowest BCUT2D eigenvalue weighted by atomic mass is 9.84. The van der Waals surface area contributed by atoms with Gasteiger partial charge in [-0.25, -0.2) is 4.99 Å². The van der Waals surface area contributed by atoms with Crippen LogP contribution in [0.4, 0.5) is 0 Å². The maximum atomic E-state index is 14.7. The van der Waals surface area contributed by atoms with Crippen LogP contribution in [-0.2, 0) is 0 Å². The Labute approximate surface area is 291 Å². The van der Waals surface area contributed by atoms with Gasteiger partial charge in [-0.15, -0.1) is 0 Å². The first-order valence-corrected chi connectivity index (χ1v) is 18.3. The van der Waals surface area contributed by atoms with E-state index in [9.17, 15) is 4.79 Å². The van der Waals surface area contributed by atoms with Crippen LogP contribution < -0.4 is 24.4 Å². The van der Waals surface area contributed by atoms with E-state index in [0.717, 1.165) is 72.3 Å². The van der Waals surface area contributed by atoms with Crippen molar-refractivity contribution in [1.29, 1.82) is 0 Å². The van der Waals surface area contributed by atoms with Gasteiger partial charge in [0.05, 0.1) is 30.2 Å². The first-order chi connectivity index (χ1) is 23.6. The zero-order valence-corrected chi connectivity index (χ0v) is 29.0. The van der Waals surface area contributed by atoms with Crippen LogP contribution in [-0.4, -0.2) is 18.8 Å². The number of fused-ring (bicyclic) bond motifs is 1. The molecule has 1 aromatic heterocycles. The number of hydrogen-bond donors (Lipinski definition) is 0. The number of thiazole rings is 1. The highest BCUT2D eigenvalue weighted by molar-refractivity contribution is 8.41. The van der Waals surface area contributed by atoms with Crippen molar-refractivity contribution in [2.45, 2.75) is 25.3 Å². The SMILES string of the molecule is COc1ccc(C=C2CCCC3=C2N=c2sc(=C4SC(c5ccccc5)=C(c5ccccc5)S4)c(=O)n2C3c2ccc(OC)cc2)cc1. The van der Waals surface area contributed by atoms with E-state index in [2.05, 4.69) is 78.9 Å². The van der Waals surface area contributed by atoms with Gasteiger partial charge in [-0.1, -0.05) is 120 Å². The van der Waals surface area contributed by atoms with Gasteiger partial charge < -0.3 is 9.47 Å². The van der Waals surface area contributed by atoms with Crippen molar-refractivity contribution in [2.75, 3.05) is 14.2 Å². The van der Waals surface area contributed by atoms with E-state index < -0.39 is 0 Å². The Morgan fingerprint density at radius 3 is 1.92 bits per heavy atom. The molecule has 0 amide bonds. The normalized spacial score (nSPS) is 18.1. The molecule has 48 heavy (non-hydrogen) atoms. The van der Waals surface area contributed by atoms with Gasteiger partial charge in [0, 0.05) is 9.81 Å². The Kier molecular flexibility index (Phi) is 8.46. The summed E-state index contributed by atoms with van der Waals surface area (Å²) in [5.41, 5.74) is 7.87. The molecular formula is C40H32N2O3S3. The molecule has 0 radical (unpaired) electrons. The van der Waals surface area contributed by atoms with E-state index >= 15 is 0 Å². The molecule has 2 aliphatic heterocycles. The van der Waals surface area contributed by atoms with Crippen LogP contribution in [0.25, 0.3) is 20.1 Å². The fourth-order valence-electron chi connectivity index (χ4n) is 6.52. The van der Waals surface area contributed by atoms with Gasteiger partial charge >= 0.3 is 0 Å². The molecule has 0 spiro atoms. The average Bonchev–Trinajstić information content (AvgIpc) is 3.73. The second-order valence-corrected chi connectivity index (χ2v) is 15.0. The van der Waals surface area contributed by atoms with Crippen molar-refractivity contribution in [1.82, 2.24) is 4.57 Å². The molecule has 4 aromatic carbocycles. The third-order valence-corrected chi connectivity index (χ3v) is 12.9. The molecule has 0 fully saturated rings. The van der Waals surface area contributed by atoms with Crippen LogP contribution in [0.1, 0.15) is 47.6 Å². The largest absolute Gasteiger partial charge is 0.497 e. The predicted molar refractivity (Wildman–Crippen MR) is 201 cm³/mol.